The minimum Gasteiger partial charge on any atom is -0.466 e. The Morgan fingerprint density at radius 3 is 2.14 bits per heavy atom. The first-order chi connectivity index (χ1) is 17.1. The van der Waals surface area contributed by atoms with Gasteiger partial charge in [-0.05, 0) is 24.5 Å². The van der Waals surface area contributed by atoms with Crippen molar-refractivity contribution in [2.45, 2.75) is 84.1 Å². The lowest BCUT2D eigenvalue weighted by molar-refractivity contribution is -0.143. The number of carbonyl (C=O) groups is 1. The Hall–Kier alpha value is -3.15. The Morgan fingerprint density at radius 2 is 1.49 bits per heavy atom. The van der Waals surface area contributed by atoms with E-state index < -0.39 is 5.63 Å². The number of esters is 1. The quantitative estimate of drug-likeness (QED) is 0.184. The molecule has 0 aliphatic heterocycles. The summed E-state index contributed by atoms with van der Waals surface area (Å²) < 4.78 is 12.2. The van der Waals surface area contributed by atoms with Crippen LogP contribution >= 0.6 is 0 Å². The van der Waals surface area contributed by atoms with Crippen molar-refractivity contribution in [1.29, 1.82) is 0 Å². The van der Waals surface area contributed by atoms with Crippen molar-refractivity contribution in [3.8, 4) is 11.1 Å². The van der Waals surface area contributed by atoms with Crippen LogP contribution in [-0.2, 0) is 16.1 Å². The summed E-state index contributed by atoms with van der Waals surface area (Å²) in [5.41, 5.74) is 1.07. The standard InChI is InChI=1S/C29H37NO5/c1-2-28(32)34-19-15-10-8-6-4-3-5-7-9-14-18-30-22-24-20-25(23-16-12-11-13-17-23)29(33)35-26(24)21-27(30)31/h11-13,16-17,20-22H,2-10,14-15,18-19H2,1H3. The smallest absolute Gasteiger partial charge is 0.344 e. The topological polar surface area (TPSA) is 78.5 Å². The first-order valence-corrected chi connectivity index (χ1v) is 13.0. The van der Waals surface area contributed by atoms with Crippen LogP contribution in [0.5, 0.6) is 0 Å². The van der Waals surface area contributed by atoms with Gasteiger partial charge in [0.15, 0.2) is 0 Å². The summed E-state index contributed by atoms with van der Waals surface area (Å²) in [4.78, 5) is 35.9. The van der Waals surface area contributed by atoms with Gasteiger partial charge in [-0.2, -0.15) is 0 Å². The van der Waals surface area contributed by atoms with Gasteiger partial charge in [0.1, 0.15) is 5.58 Å². The maximum atomic E-state index is 12.5. The minimum absolute atomic E-state index is 0.110. The number of nitrogens with zero attached hydrogens (tertiary/aromatic N) is 1. The van der Waals surface area contributed by atoms with Crippen LogP contribution in [0.4, 0.5) is 0 Å². The molecule has 188 valence electrons. The highest BCUT2D eigenvalue weighted by Gasteiger charge is 2.09. The van der Waals surface area contributed by atoms with Crippen LogP contribution in [0.2, 0.25) is 0 Å². The second-order valence-electron chi connectivity index (χ2n) is 9.05. The van der Waals surface area contributed by atoms with E-state index in [0.29, 0.717) is 30.7 Å². The number of rotatable bonds is 15. The number of carbonyl (C=O) groups excluding carboxylic acids is 1. The lowest BCUT2D eigenvalue weighted by Gasteiger charge is -2.08. The summed E-state index contributed by atoms with van der Waals surface area (Å²) in [6.07, 6.45) is 13.7. The van der Waals surface area contributed by atoms with E-state index in [-0.39, 0.29) is 11.5 Å². The van der Waals surface area contributed by atoms with E-state index >= 15 is 0 Å². The molecule has 0 unspecified atom stereocenters. The summed E-state index contributed by atoms with van der Waals surface area (Å²) in [6, 6.07) is 12.6. The second-order valence-corrected chi connectivity index (χ2v) is 9.05. The second kappa shape index (κ2) is 14.3. The molecule has 0 N–H and O–H groups in total. The van der Waals surface area contributed by atoms with Crippen LogP contribution in [0, 0.1) is 0 Å². The normalized spacial score (nSPS) is 11.1. The van der Waals surface area contributed by atoms with Crippen molar-refractivity contribution in [3.05, 3.63) is 69.4 Å². The fourth-order valence-electron chi connectivity index (χ4n) is 4.22. The SMILES string of the molecule is CCC(=O)OCCCCCCCCCCCCn1cc2cc(-c3ccccc3)c(=O)oc2cc1=O. The lowest BCUT2D eigenvalue weighted by Crippen LogP contribution is -2.19. The molecule has 0 amide bonds. The molecule has 3 rings (SSSR count). The molecule has 2 aromatic heterocycles. The van der Waals surface area contributed by atoms with E-state index in [1.165, 1.54) is 44.6 Å². The molecule has 0 atom stereocenters. The van der Waals surface area contributed by atoms with Crippen LogP contribution in [-0.4, -0.2) is 17.1 Å². The van der Waals surface area contributed by atoms with Gasteiger partial charge in [-0.1, -0.05) is 88.6 Å². The van der Waals surface area contributed by atoms with Crippen molar-refractivity contribution >= 4 is 16.9 Å². The monoisotopic (exact) mass is 479 g/mol. The largest absolute Gasteiger partial charge is 0.466 e. The van der Waals surface area contributed by atoms with Crippen LogP contribution in [0.25, 0.3) is 22.1 Å². The van der Waals surface area contributed by atoms with Crippen molar-refractivity contribution in [1.82, 2.24) is 4.57 Å². The molecule has 2 heterocycles. The highest BCUT2D eigenvalue weighted by Crippen LogP contribution is 2.20. The molecule has 0 spiro atoms. The number of hydrogen-bond donors (Lipinski definition) is 0. The van der Waals surface area contributed by atoms with Gasteiger partial charge in [0.2, 0.25) is 0 Å². The number of pyridine rings is 1. The first-order valence-electron chi connectivity index (χ1n) is 13.0. The maximum absolute atomic E-state index is 12.5. The summed E-state index contributed by atoms with van der Waals surface area (Å²) >= 11 is 0. The van der Waals surface area contributed by atoms with Crippen molar-refractivity contribution in [2.24, 2.45) is 0 Å². The number of hydrogen-bond acceptors (Lipinski definition) is 5. The molecule has 3 aromatic rings. The number of unbranched alkanes of at least 4 members (excludes halogenated alkanes) is 9. The predicted molar refractivity (Wildman–Crippen MR) is 140 cm³/mol. The zero-order chi connectivity index (χ0) is 24.9. The summed E-state index contributed by atoms with van der Waals surface area (Å²) in [7, 11) is 0. The van der Waals surface area contributed by atoms with Crippen molar-refractivity contribution < 1.29 is 13.9 Å². The molecule has 0 bridgehead atoms. The Morgan fingerprint density at radius 1 is 0.857 bits per heavy atom. The van der Waals surface area contributed by atoms with Gasteiger partial charge in [0.05, 0.1) is 12.2 Å². The fraction of sp³-hybridized carbons (Fsp3) is 0.483. The number of aromatic nitrogens is 1. The van der Waals surface area contributed by atoms with E-state index in [1.807, 2.05) is 43.3 Å². The molecule has 6 nitrogen and oxygen atoms in total. The van der Waals surface area contributed by atoms with Gasteiger partial charge < -0.3 is 13.7 Å². The van der Waals surface area contributed by atoms with Gasteiger partial charge in [0, 0.05) is 30.6 Å². The molecule has 0 fully saturated rings. The summed E-state index contributed by atoms with van der Waals surface area (Å²) in [6.45, 7) is 3.03. The van der Waals surface area contributed by atoms with Gasteiger partial charge in [-0.3, -0.25) is 9.59 Å². The summed E-state index contributed by atoms with van der Waals surface area (Å²) in [5.74, 6) is -0.110. The molecule has 0 aliphatic rings. The number of ether oxygens (including phenoxy) is 1. The Balaban J connectivity index is 1.36. The molecule has 35 heavy (non-hydrogen) atoms. The van der Waals surface area contributed by atoms with Gasteiger partial charge in [-0.15, -0.1) is 0 Å². The molecule has 1 aromatic carbocycles. The molecular formula is C29H37NO5. The van der Waals surface area contributed by atoms with E-state index in [9.17, 15) is 14.4 Å². The van der Waals surface area contributed by atoms with E-state index in [0.717, 1.165) is 36.6 Å². The minimum atomic E-state index is -0.432. The van der Waals surface area contributed by atoms with Crippen LogP contribution < -0.4 is 11.2 Å². The van der Waals surface area contributed by atoms with Crippen LogP contribution in [0.3, 0.4) is 0 Å². The average molecular weight is 480 g/mol. The molecular weight excluding hydrogens is 442 g/mol. The number of benzene rings is 1. The molecule has 0 aliphatic carbocycles. The molecule has 0 radical (unpaired) electrons. The van der Waals surface area contributed by atoms with E-state index in [2.05, 4.69) is 0 Å². The fourth-order valence-corrected chi connectivity index (χ4v) is 4.22. The van der Waals surface area contributed by atoms with Gasteiger partial charge in [0.25, 0.3) is 5.56 Å². The van der Waals surface area contributed by atoms with E-state index in [4.69, 9.17) is 9.15 Å². The highest BCUT2D eigenvalue weighted by atomic mass is 16.5. The maximum Gasteiger partial charge on any atom is 0.344 e. The predicted octanol–water partition coefficient (Wildman–Crippen LogP) is 6.48. The third-order valence-electron chi connectivity index (χ3n) is 6.27. The highest BCUT2D eigenvalue weighted by molar-refractivity contribution is 5.80. The van der Waals surface area contributed by atoms with Crippen LogP contribution in [0.1, 0.15) is 77.6 Å². The molecule has 6 heteroatoms. The number of aryl methyl sites for hydroxylation is 1. The van der Waals surface area contributed by atoms with Crippen molar-refractivity contribution in [3.63, 3.8) is 0 Å². The molecule has 0 saturated heterocycles. The zero-order valence-electron chi connectivity index (χ0n) is 20.8. The number of fused-ring (bicyclic) bond motifs is 1. The Labute approximate surface area is 206 Å². The van der Waals surface area contributed by atoms with Crippen LogP contribution in [0.15, 0.2) is 62.7 Å². The van der Waals surface area contributed by atoms with Gasteiger partial charge >= 0.3 is 11.6 Å². The zero-order valence-corrected chi connectivity index (χ0v) is 20.8. The summed E-state index contributed by atoms with van der Waals surface area (Å²) in [5, 5.41) is 0.756. The Kier molecular flexibility index (Phi) is 10.8. The third kappa shape index (κ3) is 8.53. The Bertz CT molecular complexity index is 1180. The average Bonchev–Trinajstić information content (AvgIpc) is 2.87. The third-order valence-corrected chi connectivity index (χ3v) is 6.27. The van der Waals surface area contributed by atoms with E-state index in [1.54, 1.807) is 10.8 Å². The first kappa shape index (κ1) is 26.5. The van der Waals surface area contributed by atoms with Crippen molar-refractivity contribution in [2.75, 3.05) is 6.61 Å². The molecule has 0 saturated carbocycles. The van der Waals surface area contributed by atoms with Gasteiger partial charge in [-0.25, -0.2) is 4.79 Å². The lowest BCUT2D eigenvalue weighted by atomic mass is 10.1.